The zero-order valence-corrected chi connectivity index (χ0v) is 12.7. The van der Waals surface area contributed by atoms with Crippen molar-refractivity contribution >= 4 is 22.6 Å². The quantitative estimate of drug-likeness (QED) is 0.679. The average Bonchev–Trinajstić information content (AvgIpc) is 3.04. The number of fused-ring (bicyclic) bond motifs is 1. The van der Waals surface area contributed by atoms with E-state index in [1.54, 1.807) is 7.11 Å². The lowest BCUT2D eigenvalue weighted by molar-refractivity contribution is 0.389. The van der Waals surface area contributed by atoms with Crippen LogP contribution in [0.2, 0.25) is 0 Å². The Balaban J connectivity index is 2.06. The maximum Gasteiger partial charge on any atom is 0.133 e. The number of methoxy groups -OCH3 is 1. The molecule has 3 rings (SSSR count). The minimum Gasteiger partial charge on any atom is -0.497 e. The molecule has 0 fully saturated rings. The Morgan fingerprint density at radius 2 is 2.19 bits per heavy atom. The number of alkyl halides is 1. The van der Waals surface area contributed by atoms with Crippen LogP contribution in [-0.2, 0) is 13.0 Å². The fraction of sp³-hybridized carbons (Fsp3) is 0.333. The second-order valence-corrected chi connectivity index (χ2v) is 5.21. The number of aromatic nitrogens is 3. The molecule has 0 spiro atoms. The molecule has 0 unspecified atom stereocenters. The summed E-state index contributed by atoms with van der Waals surface area (Å²) in [5, 5.41) is 4.05. The summed E-state index contributed by atoms with van der Waals surface area (Å²) in [6, 6.07) is 7.79. The predicted molar refractivity (Wildman–Crippen MR) is 81.1 cm³/mol. The standard InChI is InChI=1S/C15H16ClN3O2/c1-10-7-11(18-21-10)9-19-14-4-3-12(20-2)8-13(14)17-15(19)5-6-16/h3-4,7-8H,5-6,9H2,1-2H3. The zero-order chi connectivity index (χ0) is 14.8. The highest BCUT2D eigenvalue weighted by Gasteiger charge is 2.13. The number of nitrogens with zero attached hydrogens (tertiary/aromatic N) is 3. The maximum atomic E-state index is 5.89. The summed E-state index contributed by atoms with van der Waals surface area (Å²) in [6.45, 7) is 2.50. The molecule has 2 aromatic heterocycles. The summed E-state index contributed by atoms with van der Waals surface area (Å²) in [5.41, 5.74) is 2.81. The smallest absolute Gasteiger partial charge is 0.133 e. The van der Waals surface area contributed by atoms with E-state index in [1.807, 2.05) is 31.2 Å². The lowest BCUT2D eigenvalue weighted by Gasteiger charge is -2.06. The molecular weight excluding hydrogens is 290 g/mol. The number of aryl methyl sites for hydroxylation is 2. The molecule has 0 N–H and O–H groups in total. The van der Waals surface area contributed by atoms with Crippen LogP contribution in [0.25, 0.3) is 11.0 Å². The van der Waals surface area contributed by atoms with Crippen LogP contribution < -0.4 is 4.74 Å². The van der Waals surface area contributed by atoms with Gasteiger partial charge in [-0.05, 0) is 19.1 Å². The van der Waals surface area contributed by atoms with E-state index < -0.39 is 0 Å². The molecule has 0 aliphatic rings. The first-order chi connectivity index (χ1) is 10.2. The number of hydrogen-bond acceptors (Lipinski definition) is 4. The third kappa shape index (κ3) is 2.74. The number of halogens is 1. The number of benzene rings is 1. The molecule has 1 aromatic carbocycles. The zero-order valence-electron chi connectivity index (χ0n) is 12.0. The van der Waals surface area contributed by atoms with Crippen molar-refractivity contribution < 1.29 is 9.26 Å². The molecule has 0 aliphatic heterocycles. The van der Waals surface area contributed by atoms with Gasteiger partial charge in [0.25, 0.3) is 0 Å². The lowest BCUT2D eigenvalue weighted by Crippen LogP contribution is -2.06. The monoisotopic (exact) mass is 305 g/mol. The number of rotatable bonds is 5. The first-order valence-corrected chi connectivity index (χ1v) is 7.26. The molecule has 0 saturated heterocycles. The molecule has 5 nitrogen and oxygen atoms in total. The predicted octanol–water partition coefficient (Wildman–Crippen LogP) is 3.17. The highest BCUT2D eigenvalue weighted by atomic mass is 35.5. The SMILES string of the molecule is COc1ccc2c(c1)nc(CCCl)n2Cc1cc(C)on1. The molecule has 0 radical (unpaired) electrons. The summed E-state index contributed by atoms with van der Waals surface area (Å²) in [7, 11) is 1.65. The van der Waals surface area contributed by atoms with Crippen LogP contribution in [0.3, 0.4) is 0 Å². The fourth-order valence-corrected chi connectivity index (χ4v) is 2.56. The van der Waals surface area contributed by atoms with Crippen LogP contribution in [-0.4, -0.2) is 27.7 Å². The fourth-order valence-electron chi connectivity index (χ4n) is 2.39. The number of imidazole rings is 1. The van der Waals surface area contributed by atoms with Crippen molar-refractivity contribution in [2.75, 3.05) is 13.0 Å². The second-order valence-electron chi connectivity index (χ2n) is 4.84. The van der Waals surface area contributed by atoms with Gasteiger partial charge in [0.15, 0.2) is 0 Å². The molecule has 110 valence electrons. The van der Waals surface area contributed by atoms with E-state index in [9.17, 15) is 0 Å². The molecular formula is C15H16ClN3O2. The van der Waals surface area contributed by atoms with E-state index in [0.29, 0.717) is 18.8 Å². The first kappa shape index (κ1) is 13.9. The van der Waals surface area contributed by atoms with Gasteiger partial charge >= 0.3 is 0 Å². The van der Waals surface area contributed by atoms with E-state index >= 15 is 0 Å². The second kappa shape index (κ2) is 5.77. The largest absolute Gasteiger partial charge is 0.497 e. The van der Waals surface area contributed by atoms with E-state index in [-0.39, 0.29) is 0 Å². The molecule has 0 aliphatic carbocycles. The minimum atomic E-state index is 0.526. The van der Waals surface area contributed by atoms with Gasteiger partial charge in [0, 0.05) is 24.4 Å². The van der Waals surface area contributed by atoms with Gasteiger partial charge in [0.1, 0.15) is 23.0 Å². The summed E-state index contributed by atoms with van der Waals surface area (Å²) in [6.07, 6.45) is 0.704. The normalized spacial score (nSPS) is 11.2. The van der Waals surface area contributed by atoms with E-state index in [2.05, 4.69) is 14.7 Å². The van der Waals surface area contributed by atoms with Crippen LogP contribution in [0.15, 0.2) is 28.8 Å². The average molecular weight is 306 g/mol. The Bertz CT molecular complexity index is 763. The molecule has 21 heavy (non-hydrogen) atoms. The summed E-state index contributed by atoms with van der Waals surface area (Å²) in [4.78, 5) is 4.65. The van der Waals surface area contributed by atoms with Crippen molar-refractivity contribution in [1.82, 2.24) is 14.7 Å². The summed E-state index contributed by atoms with van der Waals surface area (Å²) >= 11 is 5.89. The van der Waals surface area contributed by atoms with Crippen molar-refractivity contribution in [2.24, 2.45) is 0 Å². The minimum absolute atomic E-state index is 0.526. The Hall–Kier alpha value is -2.01. The first-order valence-electron chi connectivity index (χ1n) is 6.72. The van der Waals surface area contributed by atoms with Crippen LogP contribution in [0, 0.1) is 6.92 Å². The third-order valence-electron chi connectivity index (χ3n) is 3.35. The van der Waals surface area contributed by atoms with Crippen LogP contribution in [0.1, 0.15) is 17.3 Å². The van der Waals surface area contributed by atoms with Gasteiger partial charge in [-0.15, -0.1) is 11.6 Å². The van der Waals surface area contributed by atoms with Gasteiger partial charge in [-0.3, -0.25) is 0 Å². The van der Waals surface area contributed by atoms with Crippen molar-refractivity contribution in [1.29, 1.82) is 0 Å². The number of ether oxygens (including phenoxy) is 1. The van der Waals surface area contributed by atoms with Crippen molar-refractivity contribution in [2.45, 2.75) is 19.9 Å². The Kier molecular flexibility index (Phi) is 3.84. The summed E-state index contributed by atoms with van der Waals surface area (Å²) < 4.78 is 12.5. The molecule has 0 amide bonds. The highest BCUT2D eigenvalue weighted by Crippen LogP contribution is 2.23. The third-order valence-corrected chi connectivity index (χ3v) is 3.54. The van der Waals surface area contributed by atoms with E-state index in [1.165, 1.54) is 0 Å². The molecule has 3 aromatic rings. The van der Waals surface area contributed by atoms with Gasteiger partial charge in [-0.25, -0.2) is 4.98 Å². The lowest BCUT2D eigenvalue weighted by atomic mass is 10.3. The van der Waals surface area contributed by atoms with Gasteiger partial charge in [-0.2, -0.15) is 0 Å². The van der Waals surface area contributed by atoms with Crippen molar-refractivity contribution in [3.05, 3.63) is 41.5 Å². The van der Waals surface area contributed by atoms with Crippen LogP contribution >= 0.6 is 11.6 Å². The summed E-state index contributed by atoms with van der Waals surface area (Å²) in [5.74, 6) is 3.06. The molecule has 0 bridgehead atoms. The van der Waals surface area contributed by atoms with Crippen molar-refractivity contribution in [3.63, 3.8) is 0 Å². The van der Waals surface area contributed by atoms with Crippen LogP contribution in [0.4, 0.5) is 0 Å². The highest BCUT2D eigenvalue weighted by molar-refractivity contribution is 6.17. The van der Waals surface area contributed by atoms with Crippen molar-refractivity contribution in [3.8, 4) is 5.75 Å². The Morgan fingerprint density at radius 3 is 2.86 bits per heavy atom. The van der Waals surface area contributed by atoms with Gasteiger partial charge in [0.2, 0.25) is 0 Å². The van der Waals surface area contributed by atoms with E-state index in [0.717, 1.165) is 34.1 Å². The molecule has 0 atom stereocenters. The van der Waals surface area contributed by atoms with Gasteiger partial charge in [0.05, 0.1) is 24.7 Å². The Morgan fingerprint density at radius 1 is 1.33 bits per heavy atom. The molecule has 2 heterocycles. The van der Waals surface area contributed by atoms with Gasteiger partial charge in [-0.1, -0.05) is 5.16 Å². The Labute approximate surface area is 127 Å². The van der Waals surface area contributed by atoms with Crippen LogP contribution in [0.5, 0.6) is 5.75 Å². The number of hydrogen-bond donors (Lipinski definition) is 0. The molecule has 0 saturated carbocycles. The maximum absolute atomic E-state index is 5.89. The van der Waals surface area contributed by atoms with Gasteiger partial charge < -0.3 is 13.8 Å². The molecule has 6 heteroatoms. The van der Waals surface area contributed by atoms with E-state index in [4.69, 9.17) is 20.9 Å². The topological polar surface area (TPSA) is 53.1 Å².